The maximum atomic E-state index is 13.2. The van der Waals surface area contributed by atoms with Crippen molar-refractivity contribution in [2.24, 2.45) is 0 Å². The summed E-state index contributed by atoms with van der Waals surface area (Å²) in [7, 11) is 1.60. The van der Waals surface area contributed by atoms with Crippen molar-refractivity contribution >= 4 is 11.8 Å². The number of carbonyl (C=O) groups excluding carboxylic acids is 2. The Kier molecular flexibility index (Phi) is 4.22. The van der Waals surface area contributed by atoms with E-state index in [-0.39, 0.29) is 18.4 Å². The lowest BCUT2D eigenvalue weighted by molar-refractivity contribution is -0.126. The number of amides is 2. The number of rotatable bonds is 2. The van der Waals surface area contributed by atoms with E-state index in [1.807, 2.05) is 23.6 Å². The normalized spacial score (nSPS) is 18.8. The fraction of sp³-hybridized carbons (Fsp3) is 0.474. The molecule has 0 saturated heterocycles. The Bertz CT molecular complexity index is 873. The number of likely N-dealkylation sites (N-methyl/N-ethyl adjacent to an activating group) is 1. The quantitative estimate of drug-likeness (QED) is 0.881. The van der Waals surface area contributed by atoms with Crippen LogP contribution < -0.4 is 5.32 Å². The number of aryl methyl sites for hydroxylation is 3. The number of carbonyl (C=O) groups is 2. The van der Waals surface area contributed by atoms with Gasteiger partial charge in [0.05, 0.1) is 13.1 Å². The topological polar surface area (TPSA) is 80.1 Å². The lowest BCUT2D eigenvalue weighted by Crippen LogP contribution is -2.53. The minimum Gasteiger partial charge on any atom is -0.357 e. The Balaban J connectivity index is 1.67. The van der Waals surface area contributed by atoms with Crippen LogP contribution in [-0.2, 0) is 30.7 Å². The molecule has 4 rings (SSSR count). The van der Waals surface area contributed by atoms with Crippen molar-refractivity contribution in [3.8, 4) is 0 Å². The number of nitrogens with zero attached hydrogens (tertiary/aromatic N) is 4. The van der Waals surface area contributed by atoms with Crippen LogP contribution >= 0.6 is 0 Å². The van der Waals surface area contributed by atoms with Crippen LogP contribution in [0.2, 0.25) is 0 Å². The smallest absolute Gasteiger partial charge is 0.255 e. The highest BCUT2D eigenvalue weighted by atomic mass is 16.2. The molecule has 0 radical (unpaired) electrons. The van der Waals surface area contributed by atoms with Crippen molar-refractivity contribution in [2.75, 3.05) is 7.05 Å². The molecule has 2 amide bonds. The second kappa shape index (κ2) is 6.55. The number of nitrogens with one attached hydrogen (secondary N) is 1. The van der Waals surface area contributed by atoms with Gasteiger partial charge in [-0.25, -0.2) is 0 Å². The maximum absolute atomic E-state index is 13.2. The molecule has 0 fully saturated rings. The fourth-order valence-electron chi connectivity index (χ4n) is 3.95. The molecular weight excluding hydrogens is 330 g/mol. The Morgan fingerprint density at radius 3 is 2.69 bits per heavy atom. The van der Waals surface area contributed by atoms with Gasteiger partial charge in [-0.2, -0.15) is 0 Å². The zero-order valence-corrected chi connectivity index (χ0v) is 15.2. The maximum Gasteiger partial charge on any atom is 0.255 e. The highest BCUT2D eigenvalue weighted by Gasteiger charge is 2.36. The van der Waals surface area contributed by atoms with Crippen LogP contribution in [-0.4, -0.2) is 44.6 Å². The van der Waals surface area contributed by atoms with E-state index in [2.05, 4.69) is 21.6 Å². The minimum atomic E-state index is -0.564. The van der Waals surface area contributed by atoms with Gasteiger partial charge in [0.25, 0.3) is 5.91 Å². The van der Waals surface area contributed by atoms with E-state index in [4.69, 9.17) is 0 Å². The first-order chi connectivity index (χ1) is 12.6. The second-order valence-electron chi connectivity index (χ2n) is 7.03. The predicted octanol–water partition coefficient (Wildman–Crippen LogP) is 1.24. The summed E-state index contributed by atoms with van der Waals surface area (Å²) in [4.78, 5) is 27.3. The first kappa shape index (κ1) is 16.8. The summed E-state index contributed by atoms with van der Waals surface area (Å²) in [5.74, 6) is 1.18. The van der Waals surface area contributed by atoms with Crippen LogP contribution in [0.3, 0.4) is 0 Å². The zero-order valence-electron chi connectivity index (χ0n) is 15.2. The van der Waals surface area contributed by atoms with E-state index in [1.165, 1.54) is 17.5 Å². The Hall–Kier alpha value is -2.70. The Morgan fingerprint density at radius 1 is 1.15 bits per heavy atom. The van der Waals surface area contributed by atoms with Crippen LogP contribution in [0.1, 0.15) is 46.0 Å². The first-order valence-electron chi connectivity index (χ1n) is 9.11. The molecule has 0 spiro atoms. The van der Waals surface area contributed by atoms with Crippen molar-refractivity contribution in [1.29, 1.82) is 0 Å². The van der Waals surface area contributed by atoms with Gasteiger partial charge in [-0.15, -0.1) is 10.2 Å². The van der Waals surface area contributed by atoms with Gasteiger partial charge in [-0.1, -0.05) is 6.07 Å². The van der Waals surface area contributed by atoms with Gasteiger partial charge < -0.3 is 14.8 Å². The van der Waals surface area contributed by atoms with Gasteiger partial charge in [0.1, 0.15) is 11.9 Å². The molecule has 1 unspecified atom stereocenters. The van der Waals surface area contributed by atoms with Crippen LogP contribution in [0, 0.1) is 6.92 Å². The summed E-state index contributed by atoms with van der Waals surface area (Å²) >= 11 is 0. The lowest BCUT2D eigenvalue weighted by atomic mass is 9.90. The zero-order chi connectivity index (χ0) is 18.3. The van der Waals surface area contributed by atoms with Crippen LogP contribution in [0.25, 0.3) is 0 Å². The predicted molar refractivity (Wildman–Crippen MR) is 95.6 cm³/mol. The first-order valence-corrected chi connectivity index (χ1v) is 9.11. The average molecular weight is 353 g/mol. The van der Waals surface area contributed by atoms with E-state index < -0.39 is 6.04 Å². The Labute approximate surface area is 152 Å². The molecule has 7 heteroatoms. The molecule has 1 atom stereocenters. The van der Waals surface area contributed by atoms with Gasteiger partial charge >= 0.3 is 0 Å². The monoisotopic (exact) mass is 353 g/mol. The molecule has 2 aliphatic rings. The number of aromatic nitrogens is 3. The molecule has 0 saturated carbocycles. The van der Waals surface area contributed by atoms with E-state index in [1.54, 1.807) is 11.9 Å². The SMILES string of the molecule is CNC(=O)C1Cn2c(C)nnc2CN1C(=O)c1ccc2c(c1)CCCC2. The fourth-order valence-corrected chi connectivity index (χ4v) is 3.95. The molecule has 2 aromatic rings. The van der Waals surface area contributed by atoms with Gasteiger partial charge in [0.2, 0.25) is 5.91 Å². The molecule has 1 N–H and O–H groups in total. The third kappa shape index (κ3) is 2.77. The van der Waals surface area contributed by atoms with Gasteiger partial charge in [-0.05, 0) is 55.9 Å². The number of hydrogen-bond acceptors (Lipinski definition) is 4. The average Bonchev–Trinajstić information content (AvgIpc) is 3.05. The molecule has 0 bridgehead atoms. The molecule has 1 aliphatic carbocycles. The summed E-state index contributed by atoms with van der Waals surface area (Å²) in [6.45, 7) is 2.53. The highest BCUT2D eigenvalue weighted by Crippen LogP contribution is 2.25. The number of hydrogen-bond donors (Lipinski definition) is 1. The third-order valence-electron chi connectivity index (χ3n) is 5.46. The minimum absolute atomic E-state index is 0.126. The highest BCUT2D eigenvalue weighted by molar-refractivity contribution is 5.97. The van der Waals surface area contributed by atoms with E-state index in [9.17, 15) is 9.59 Å². The van der Waals surface area contributed by atoms with E-state index in [0.717, 1.165) is 25.1 Å². The van der Waals surface area contributed by atoms with E-state index >= 15 is 0 Å². The van der Waals surface area contributed by atoms with Crippen molar-refractivity contribution < 1.29 is 9.59 Å². The van der Waals surface area contributed by atoms with Crippen LogP contribution in [0.5, 0.6) is 0 Å². The molecule has 1 aliphatic heterocycles. The van der Waals surface area contributed by atoms with Crippen molar-refractivity contribution in [1.82, 2.24) is 25.0 Å². The molecule has 26 heavy (non-hydrogen) atoms. The van der Waals surface area contributed by atoms with Gasteiger partial charge in [0.15, 0.2) is 5.82 Å². The Morgan fingerprint density at radius 2 is 1.92 bits per heavy atom. The molecule has 1 aromatic carbocycles. The summed E-state index contributed by atoms with van der Waals surface area (Å²) in [5.41, 5.74) is 3.24. The van der Waals surface area contributed by atoms with Crippen molar-refractivity contribution in [3.63, 3.8) is 0 Å². The van der Waals surface area contributed by atoms with Crippen LogP contribution in [0.15, 0.2) is 18.2 Å². The van der Waals surface area contributed by atoms with Crippen molar-refractivity contribution in [3.05, 3.63) is 46.5 Å². The van der Waals surface area contributed by atoms with Crippen LogP contribution in [0.4, 0.5) is 0 Å². The number of fused-ring (bicyclic) bond motifs is 2. The number of benzene rings is 1. The second-order valence-corrected chi connectivity index (χ2v) is 7.03. The van der Waals surface area contributed by atoms with Gasteiger partial charge in [0, 0.05) is 12.6 Å². The molecular formula is C19H23N5O2. The van der Waals surface area contributed by atoms with Gasteiger partial charge in [-0.3, -0.25) is 9.59 Å². The molecule has 1 aromatic heterocycles. The third-order valence-corrected chi connectivity index (χ3v) is 5.46. The molecule has 2 heterocycles. The summed E-state index contributed by atoms with van der Waals surface area (Å²) in [5, 5.41) is 10.9. The molecule has 136 valence electrons. The largest absolute Gasteiger partial charge is 0.357 e. The lowest BCUT2D eigenvalue weighted by Gasteiger charge is -2.35. The summed E-state index contributed by atoms with van der Waals surface area (Å²) in [6, 6.07) is 5.39. The van der Waals surface area contributed by atoms with E-state index in [0.29, 0.717) is 17.9 Å². The summed E-state index contributed by atoms with van der Waals surface area (Å²) < 4.78 is 1.91. The van der Waals surface area contributed by atoms with Crippen molar-refractivity contribution in [2.45, 2.75) is 51.7 Å². The molecule has 7 nitrogen and oxygen atoms in total. The standard InChI is InChI=1S/C19H23N5O2/c1-12-21-22-17-11-24(16(10-23(12)17)18(25)20-2)19(26)15-8-7-13-5-3-4-6-14(13)9-15/h7-9,16H,3-6,10-11H2,1-2H3,(H,20,25). The summed E-state index contributed by atoms with van der Waals surface area (Å²) in [6.07, 6.45) is 4.47.